The Labute approximate surface area is 135 Å². The molecule has 3 nitrogen and oxygen atoms in total. The second-order valence-corrected chi connectivity index (χ2v) is 8.17. The van der Waals surface area contributed by atoms with Crippen LogP contribution in [0, 0.1) is 0 Å². The number of nitrogens with one attached hydrogen (secondary N) is 1. The Balaban J connectivity index is 1.74. The summed E-state index contributed by atoms with van der Waals surface area (Å²) >= 11 is 3.60. The fourth-order valence-corrected chi connectivity index (χ4v) is 4.14. The molecule has 21 heavy (non-hydrogen) atoms. The van der Waals surface area contributed by atoms with Gasteiger partial charge in [0.25, 0.3) is 0 Å². The second-order valence-electron chi connectivity index (χ2n) is 7.25. The molecule has 2 aliphatic rings. The van der Waals surface area contributed by atoms with Gasteiger partial charge < -0.3 is 14.8 Å². The van der Waals surface area contributed by atoms with Crippen molar-refractivity contribution >= 4 is 15.9 Å². The van der Waals surface area contributed by atoms with Crippen LogP contribution in [0.2, 0.25) is 0 Å². The average Bonchev–Trinajstić information content (AvgIpc) is 2.87. The number of ether oxygens (including phenoxy) is 2. The van der Waals surface area contributed by atoms with E-state index in [1.54, 1.807) is 0 Å². The first kappa shape index (κ1) is 15.3. The van der Waals surface area contributed by atoms with Gasteiger partial charge in [0.2, 0.25) is 0 Å². The second kappa shape index (κ2) is 5.25. The lowest BCUT2D eigenvalue weighted by atomic mass is 9.94. The maximum atomic E-state index is 6.15. The summed E-state index contributed by atoms with van der Waals surface area (Å²) in [6, 6.07) is 4.67. The molecular formula is C17H24BrNO2. The van der Waals surface area contributed by atoms with Crippen molar-refractivity contribution in [1.29, 1.82) is 0 Å². The van der Waals surface area contributed by atoms with E-state index in [1.165, 1.54) is 11.1 Å². The molecule has 0 aliphatic carbocycles. The number of hydrogen-bond donors (Lipinski definition) is 1. The Morgan fingerprint density at radius 3 is 2.71 bits per heavy atom. The van der Waals surface area contributed by atoms with Gasteiger partial charge >= 0.3 is 0 Å². The van der Waals surface area contributed by atoms with Crippen molar-refractivity contribution < 1.29 is 9.47 Å². The molecular weight excluding hydrogens is 330 g/mol. The normalized spacial score (nSPS) is 25.7. The minimum atomic E-state index is -0.139. The molecule has 0 radical (unpaired) electrons. The van der Waals surface area contributed by atoms with Crippen LogP contribution < -0.4 is 10.1 Å². The molecule has 1 unspecified atom stereocenters. The van der Waals surface area contributed by atoms with Gasteiger partial charge in [-0.1, -0.05) is 15.9 Å². The summed E-state index contributed by atoms with van der Waals surface area (Å²) in [5.74, 6) is 1.07. The summed E-state index contributed by atoms with van der Waals surface area (Å²) in [5, 5.41) is 3.67. The number of halogens is 1. The van der Waals surface area contributed by atoms with Gasteiger partial charge in [-0.3, -0.25) is 0 Å². The van der Waals surface area contributed by atoms with Gasteiger partial charge in [-0.05, 0) is 51.8 Å². The number of hydrogen-bond acceptors (Lipinski definition) is 3. The van der Waals surface area contributed by atoms with E-state index in [0.29, 0.717) is 6.04 Å². The Hall–Kier alpha value is -0.580. The van der Waals surface area contributed by atoms with E-state index in [0.717, 1.165) is 36.2 Å². The molecule has 1 aromatic rings. The maximum Gasteiger partial charge on any atom is 0.127 e. The summed E-state index contributed by atoms with van der Waals surface area (Å²) in [6.07, 6.45) is 2.03. The molecule has 116 valence electrons. The molecule has 1 atom stereocenters. The summed E-state index contributed by atoms with van der Waals surface area (Å²) in [5.41, 5.74) is 2.34. The standard InChI is InChI=1S/C17H24BrNO2/c1-16(2)9-14(17(3,4)21-16)19-10-12-8-13(18)7-11-5-6-20-15(11)12/h7-8,14,19H,5-6,9-10H2,1-4H3. The Morgan fingerprint density at radius 1 is 1.29 bits per heavy atom. The van der Waals surface area contributed by atoms with Gasteiger partial charge in [0.15, 0.2) is 0 Å². The molecule has 0 amide bonds. The number of benzene rings is 1. The van der Waals surface area contributed by atoms with Crippen LogP contribution in [-0.2, 0) is 17.7 Å². The lowest BCUT2D eigenvalue weighted by Gasteiger charge is -2.28. The minimum absolute atomic E-state index is 0.0586. The van der Waals surface area contributed by atoms with E-state index in [1.807, 2.05) is 0 Å². The highest BCUT2D eigenvalue weighted by atomic mass is 79.9. The quantitative estimate of drug-likeness (QED) is 0.895. The van der Waals surface area contributed by atoms with Crippen LogP contribution in [0.3, 0.4) is 0 Å². The molecule has 0 bridgehead atoms. The molecule has 0 aromatic heterocycles. The SMILES string of the molecule is CC1(C)CC(NCc2cc(Br)cc3c2OCC3)C(C)(C)O1. The fraction of sp³-hybridized carbons (Fsp3) is 0.647. The van der Waals surface area contributed by atoms with Crippen molar-refractivity contribution in [2.24, 2.45) is 0 Å². The number of fused-ring (bicyclic) bond motifs is 1. The van der Waals surface area contributed by atoms with Gasteiger partial charge in [0.1, 0.15) is 5.75 Å². The highest BCUT2D eigenvalue weighted by molar-refractivity contribution is 9.10. The third kappa shape index (κ3) is 3.13. The minimum Gasteiger partial charge on any atom is -0.493 e. The van der Waals surface area contributed by atoms with Gasteiger partial charge in [0.05, 0.1) is 17.8 Å². The van der Waals surface area contributed by atoms with Crippen LogP contribution >= 0.6 is 15.9 Å². The van der Waals surface area contributed by atoms with Gasteiger partial charge in [0, 0.05) is 29.0 Å². The topological polar surface area (TPSA) is 30.5 Å². The van der Waals surface area contributed by atoms with Crippen LogP contribution in [-0.4, -0.2) is 23.9 Å². The molecule has 2 aliphatic heterocycles. The third-order valence-electron chi connectivity index (χ3n) is 4.44. The molecule has 4 heteroatoms. The summed E-state index contributed by atoms with van der Waals surface area (Å²) in [6.45, 7) is 10.3. The Morgan fingerprint density at radius 2 is 2.05 bits per heavy atom. The van der Waals surface area contributed by atoms with Crippen LogP contribution in [0.15, 0.2) is 16.6 Å². The monoisotopic (exact) mass is 353 g/mol. The predicted octanol–water partition coefficient (Wildman–Crippen LogP) is 3.82. The van der Waals surface area contributed by atoms with Crippen LogP contribution in [0.4, 0.5) is 0 Å². The molecule has 1 N–H and O–H groups in total. The summed E-state index contributed by atoms with van der Waals surface area (Å²) in [7, 11) is 0. The largest absolute Gasteiger partial charge is 0.493 e. The lowest BCUT2D eigenvalue weighted by molar-refractivity contribution is -0.0699. The lowest BCUT2D eigenvalue weighted by Crippen LogP contribution is -2.43. The highest BCUT2D eigenvalue weighted by Crippen LogP contribution is 2.38. The van der Waals surface area contributed by atoms with Gasteiger partial charge in [-0.15, -0.1) is 0 Å². The fourth-order valence-electron chi connectivity index (χ4n) is 3.59. The molecule has 1 saturated heterocycles. The van der Waals surface area contributed by atoms with Crippen LogP contribution in [0.1, 0.15) is 45.2 Å². The van der Waals surface area contributed by atoms with E-state index < -0.39 is 0 Å². The first-order valence-corrected chi connectivity index (χ1v) is 8.44. The van der Waals surface area contributed by atoms with Crippen molar-refractivity contribution in [3.8, 4) is 5.75 Å². The van der Waals surface area contributed by atoms with Crippen LogP contribution in [0.25, 0.3) is 0 Å². The van der Waals surface area contributed by atoms with Gasteiger partial charge in [-0.2, -0.15) is 0 Å². The summed E-state index contributed by atoms with van der Waals surface area (Å²) in [4.78, 5) is 0. The zero-order valence-corrected chi connectivity index (χ0v) is 14.8. The Bertz CT molecular complexity index is 554. The summed E-state index contributed by atoms with van der Waals surface area (Å²) < 4.78 is 13.1. The van der Waals surface area contributed by atoms with Crippen molar-refractivity contribution in [3.63, 3.8) is 0 Å². The first-order chi connectivity index (χ1) is 9.77. The van der Waals surface area contributed by atoms with Crippen molar-refractivity contribution in [1.82, 2.24) is 5.32 Å². The van der Waals surface area contributed by atoms with E-state index in [-0.39, 0.29) is 11.2 Å². The van der Waals surface area contributed by atoms with Crippen molar-refractivity contribution in [2.45, 2.75) is 64.3 Å². The first-order valence-electron chi connectivity index (χ1n) is 7.64. The molecule has 0 spiro atoms. The van der Waals surface area contributed by atoms with E-state index >= 15 is 0 Å². The molecule has 2 heterocycles. The van der Waals surface area contributed by atoms with Crippen molar-refractivity contribution in [2.75, 3.05) is 6.61 Å². The third-order valence-corrected chi connectivity index (χ3v) is 4.90. The van der Waals surface area contributed by atoms with E-state index in [2.05, 4.69) is 61.1 Å². The molecule has 0 saturated carbocycles. The average molecular weight is 354 g/mol. The zero-order chi connectivity index (χ0) is 15.3. The van der Waals surface area contributed by atoms with E-state index in [9.17, 15) is 0 Å². The highest BCUT2D eigenvalue weighted by Gasteiger charge is 2.45. The molecule has 3 rings (SSSR count). The van der Waals surface area contributed by atoms with E-state index in [4.69, 9.17) is 9.47 Å². The molecule has 1 fully saturated rings. The van der Waals surface area contributed by atoms with Crippen LogP contribution in [0.5, 0.6) is 5.75 Å². The van der Waals surface area contributed by atoms with Crippen molar-refractivity contribution in [3.05, 3.63) is 27.7 Å². The predicted molar refractivity (Wildman–Crippen MR) is 87.8 cm³/mol. The van der Waals surface area contributed by atoms with Gasteiger partial charge in [-0.25, -0.2) is 0 Å². The maximum absolute atomic E-state index is 6.15. The number of rotatable bonds is 3. The Kier molecular flexibility index (Phi) is 3.83. The zero-order valence-electron chi connectivity index (χ0n) is 13.3. The smallest absolute Gasteiger partial charge is 0.127 e. The molecule has 1 aromatic carbocycles.